The van der Waals surface area contributed by atoms with Gasteiger partial charge in [0.05, 0.1) is 5.75 Å². The predicted molar refractivity (Wildman–Crippen MR) is 77.7 cm³/mol. The molecule has 0 aromatic heterocycles. The summed E-state index contributed by atoms with van der Waals surface area (Å²) in [5.41, 5.74) is 0. The van der Waals surface area contributed by atoms with Gasteiger partial charge in [-0.15, -0.1) is 0 Å². The highest BCUT2D eigenvalue weighted by atomic mass is 32.2. The van der Waals surface area contributed by atoms with Crippen LogP contribution in [-0.2, 0) is 10.0 Å². The molecule has 0 radical (unpaired) electrons. The Morgan fingerprint density at radius 2 is 1.95 bits per heavy atom. The monoisotopic (exact) mass is 289 g/mol. The fourth-order valence-corrected chi connectivity index (χ4v) is 4.83. The maximum absolute atomic E-state index is 12.4. The molecule has 112 valence electrons. The van der Waals surface area contributed by atoms with Gasteiger partial charge in [0.1, 0.15) is 0 Å². The van der Waals surface area contributed by atoms with Crippen molar-refractivity contribution in [2.45, 2.75) is 26.2 Å². The number of sulfonamides is 1. The third kappa shape index (κ3) is 4.41. The molecule has 5 nitrogen and oxygen atoms in total. The van der Waals surface area contributed by atoms with E-state index in [-0.39, 0.29) is 0 Å². The van der Waals surface area contributed by atoms with E-state index in [4.69, 9.17) is 0 Å². The maximum Gasteiger partial charge on any atom is 0.214 e. The summed E-state index contributed by atoms with van der Waals surface area (Å²) < 4.78 is 26.5. The number of piperazine rings is 1. The van der Waals surface area contributed by atoms with Crippen LogP contribution in [0.15, 0.2) is 0 Å². The molecule has 0 aliphatic carbocycles. The van der Waals surface area contributed by atoms with Gasteiger partial charge in [0.15, 0.2) is 0 Å². The summed E-state index contributed by atoms with van der Waals surface area (Å²) in [6, 6.07) is 0. The third-order valence-corrected chi connectivity index (χ3v) is 6.15. The van der Waals surface area contributed by atoms with E-state index < -0.39 is 10.0 Å². The quantitative estimate of drug-likeness (QED) is 0.793. The Balaban J connectivity index is 1.83. The van der Waals surface area contributed by atoms with Gasteiger partial charge in [-0.2, -0.15) is 4.31 Å². The zero-order chi connectivity index (χ0) is 13.7. The van der Waals surface area contributed by atoms with Crippen molar-refractivity contribution >= 4 is 10.0 Å². The summed E-state index contributed by atoms with van der Waals surface area (Å²) in [5, 5.41) is 3.29. The van der Waals surface area contributed by atoms with Crippen LogP contribution in [-0.4, -0.2) is 69.2 Å². The zero-order valence-electron chi connectivity index (χ0n) is 12.0. The van der Waals surface area contributed by atoms with Crippen molar-refractivity contribution in [3.63, 3.8) is 0 Å². The summed E-state index contributed by atoms with van der Waals surface area (Å²) in [6.07, 6.45) is 3.28. The second kappa shape index (κ2) is 7.02. The van der Waals surface area contributed by atoms with Crippen LogP contribution in [0.4, 0.5) is 0 Å². The molecule has 0 spiro atoms. The Kier molecular flexibility index (Phi) is 5.62. The van der Waals surface area contributed by atoms with Gasteiger partial charge in [0, 0.05) is 26.2 Å². The Labute approximate surface area is 117 Å². The number of hydrogen-bond acceptors (Lipinski definition) is 4. The number of hydrogen-bond donors (Lipinski definition) is 1. The van der Waals surface area contributed by atoms with Crippen molar-refractivity contribution in [3.8, 4) is 0 Å². The first-order chi connectivity index (χ1) is 9.12. The minimum Gasteiger partial charge on any atom is -0.316 e. The molecule has 2 aliphatic heterocycles. The van der Waals surface area contributed by atoms with Crippen molar-refractivity contribution in [3.05, 3.63) is 0 Å². The third-order valence-electron chi connectivity index (χ3n) is 4.11. The molecule has 0 aromatic carbocycles. The molecular weight excluding hydrogens is 262 g/mol. The fourth-order valence-electron chi connectivity index (χ4n) is 3.02. The summed E-state index contributed by atoms with van der Waals surface area (Å²) in [7, 11) is -3.05. The highest BCUT2D eigenvalue weighted by Gasteiger charge is 2.29. The Morgan fingerprint density at radius 1 is 1.21 bits per heavy atom. The molecule has 2 fully saturated rings. The maximum atomic E-state index is 12.4. The van der Waals surface area contributed by atoms with E-state index in [0.29, 0.717) is 24.8 Å². The number of rotatable bonds is 5. The molecule has 0 amide bonds. The first-order valence-electron chi connectivity index (χ1n) is 7.52. The molecule has 1 unspecified atom stereocenters. The molecular formula is C13H27N3O2S. The average Bonchev–Trinajstić information content (AvgIpc) is 2.40. The van der Waals surface area contributed by atoms with E-state index in [1.54, 1.807) is 4.31 Å². The van der Waals surface area contributed by atoms with Crippen LogP contribution in [0.5, 0.6) is 0 Å². The van der Waals surface area contributed by atoms with Gasteiger partial charge in [0.25, 0.3) is 0 Å². The van der Waals surface area contributed by atoms with Crippen LogP contribution in [0, 0.1) is 5.92 Å². The summed E-state index contributed by atoms with van der Waals surface area (Å²) >= 11 is 0. The predicted octanol–water partition coefficient (Wildman–Crippen LogP) is 0.343. The molecule has 2 saturated heterocycles. The molecule has 1 N–H and O–H groups in total. The van der Waals surface area contributed by atoms with E-state index in [0.717, 1.165) is 52.0 Å². The van der Waals surface area contributed by atoms with E-state index in [2.05, 4.69) is 17.1 Å². The molecule has 0 bridgehead atoms. The molecule has 19 heavy (non-hydrogen) atoms. The highest BCUT2D eigenvalue weighted by molar-refractivity contribution is 7.89. The van der Waals surface area contributed by atoms with Gasteiger partial charge < -0.3 is 10.2 Å². The van der Waals surface area contributed by atoms with Crippen molar-refractivity contribution < 1.29 is 8.42 Å². The lowest BCUT2D eigenvalue weighted by molar-refractivity contribution is 0.188. The zero-order valence-corrected chi connectivity index (χ0v) is 12.8. The minimum atomic E-state index is -3.05. The van der Waals surface area contributed by atoms with Crippen molar-refractivity contribution in [1.82, 2.24) is 14.5 Å². The Bertz CT molecular complexity index is 358. The topological polar surface area (TPSA) is 52.7 Å². The minimum absolute atomic E-state index is 0.299. The Hall–Kier alpha value is -0.170. The van der Waals surface area contributed by atoms with Crippen molar-refractivity contribution in [2.24, 2.45) is 5.92 Å². The summed E-state index contributed by atoms with van der Waals surface area (Å²) in [4.78, 5) is 2.36. The van der Waals surface area contributed by atoms with Gasteiger partial charge in [-0.05, 0) is 44.8 Å². The Morgan fingerprint density at radius 3 is 2.53 bits per heavy atom. The van der Waals surface area contributed by atoms with Crippen LogP contribution >= 0.6 is 0 Å². The van der Waals surface area contributed by atoms with E-state index in [9.17, 15) is 8.42 Å². The second-order valence-corrected chi connectivity index (χ2v) is 7.75. The number of nitrogens with one attached hydrogen (secondary N) is 1. The van der Waals surface area contributed by atoms with Crippen LogP contribution in [0.3, 0.4) is 0 Å². The van der Waals surface area contributed by atoms with Crippen LogP contribution in [0.1, 0.15) is 26.2 Å². The van der Waals surface area contributed by atoms with Gasteiger partial charge in [-0.25, -0.2) is 8.42 Å². The van der Waals surface area contributed by atoms with E-state index >= 15 is 0 Å². The van der Waals surface area contributed by atoms with E-state index in [1.807, 2.05) is 0 Å². The van der Waals surface area contributed by atoms with Gasteiger partial charge in [-0.1, -0.05) is 6.92 Å². The lowest BCUT2D eigenvalue weighted by Gasteiger charge is -2.35. The smallest absolute Gasteiger partial charge is 0.214 e. The number of nitrogens with zero attached hydrogens (tertiary/aromatic N) is 2. The van der Waals surface area contributed by atoms with Gasteiger partial charge >= 0.3 is 0 Å². The van der Waals surface area contributed by atoms with Crippen molar-refractivity contribution in [2.75, 3.05) is 51.6 Å². The second-order valence-electron chi connectivity index (χ2n) is 5.73. The number of piperidine rings is 1. The summed E-state index contributed by atoms with van der Waals surface area (Å²) in [5.74, 6) is 0.626. The summed E-state index contributed by atoms with van der Waals surface area (Å²) in [6.45, 7) is 8.25. The van der Waals surface area contributed by atoms with Gasteiger partial charge in [0.2, 0.25) is 10.0 Å². The van der Waals surface area contributed by atoms with E-state index in [1.165, 1.54) is 0 Å². The van der Waals surface area contributed by atoms with Crippen LogP contribution in [0.2, 0.25) is 0 Å². The molecule has 0 aromatic rings. The molecule has 2 aliphatic rings. The lowest BCUT2D eigenvalue weighted by Crippen LogP contribution is -2.50. The first kappa shape index (κ1) is 15.2. The van der Waals surface area contributed by atoms with Crippen LogP contribution < -0.4 is 5.32 Å². The van der Waals surface area contributed by atoms with Gasteiger partial charge in [-0.3, -0.25) is 0 Å². The standard InChI is InChI=1S/C13H27N3O2S/c1-2-6-15-7-9-16(10-8-15)19(17,18)12-13-4-3-5-14-11-13/h13-14H,2-12H2,1H3. The van der Waals surface area contributed by atoms with Crippen LogP contribution in [0.25, 0.3) is 0 Å². The largest absolute Gasteiger partial charge is 0.316 e. The molecule has 2 rings (SSSR count). The SMILES string of the molecule is CCCN1CCN(S(=O)(=O)CC2CCCNC2)CC1. The highest BCUT2D eigenvalue weighted by Crippen LogP contribution is 2.16. The molecule has 2 heterocycles. The fraction of sp³-hybridized carbons (Fsp3) is 1.00. The molecule has 6 heteroatoms. The first-order valence-corrected chi connectivity index (χ1v) is 9.13. The normalized spacial score (nSPS) is 27.5. The lowest BCUT2D eigenvalue weighted by atomic mass is 10.0. The average molecular weight is 289 g/mol. The molecule has 0 saturated carbocycles. The van der Waals surface area contributed by atoms with Crippen molar-refractivity contribution in [1.29, 1.82) is 0 Å². The molecule has 1 atom stereocenters.